The second-order valence-electron chi connectivity index (χ2n) is 3.54. The van der Waals surface area contributed by atoms with Gasteiger partial charge in [0, 0.05) is 24.6 Å². The summed E-state index contributed by atoms with van der Waals surface area (Å²) in [6.07, 6.45) is 2.85. The van der Waals surface area contributed by atoms with Crippen molar-refractivity contribution in [3.63, 3.8) is 0 Å². The molecule has 3 heteroatoms. The van der Waals surface area contributed by atoms with Crippen molar-refractivity contribution in [1.29, 1.82) is 0 Å². The summed E-state index contributed by atoms with van der Waals surface area (Å²) < 4.78 is 0. The Bertz CT molecular complexity index is 416. The fraction of sp³-hybridized carbons (Fsp3) is 0.154. The predicted molar refractivity (Wildman–Crippen MR) is 64.1 cm³/mol. The van der Waals surface area contributed by atoms with Gasteiger partial charge in [-0.3, -0.25) is 4.98 Å². The van der Waals surface area contributed by atoms with Gasteiger partial charge in [-0.2, -0.15) is 0 Å². The SMILES string of the molecule is OC(CNc1ccccc1)c1ccncc1. The Morgan fingerprint density at radius 2 is 1.75 bits per heavy atom. The van der Waals surface area contributed by atoms with Gasteiger partial charge in [-0.05, 0) is 29.8 Å². The highest BCUT2D eigenvalue weighted by Gasteiger charge is 2.05. The summed E-state index contributed by atoms with van der Waals surface area (Å²) >= 11 is 0. The molecule has 1 unspecified atom stereocenters. The van der Waals surface area contributed by atoms with E-state index >= 15 is 0 Å². The molecular formula is C13H14N2O. The minimum Gasteiger partial charge on any atom is -0.387 e. The van der Waals surface area contributed by atoms with Crippen molar-refractivity contribution in [2.45, 2.75) is 6.10 Å². The lowest BCUT2D eigenvalue weighted by molar-refractivity contribution is 0.191. The summed E-state index contributed by atoms with van der Waals surface area (Å²) in [7, 11) is 0. The van der Waals surface area contributed by atoms with Crippen LogP contribution < -0.4 is 5.32 Å². The zero-order chi connectivity index (χ0) is 11.2. The van der Waals surface area contributed by atoms with Crippen molar-refractivity contribution < 1.29 is 5.11 Å². The van der Waals surface area contributed by atoms with Crippen LogP contribution in [0.2, 0.25) is 0 Å². The van der Waals surface area contributed by atoms with Crippen molar-refractivity contribution in [3.8, 4) is 0 Å². The summed E-state index contributed by atoms with van der Waals surface area (Å²) in [5.74, 6) is 0. The molecule has 0 aliphatic heterocycles. The Hall–Kier alpha value is -1.87. The molecule has 0 amide bonds. The van der Waals surface area contributed by atoms with Crippen LogP contribution in [0.5, 0.6) is 0 Å². The number of aliphatic hydroxyl groups is 1. The highest BCUT2D eigenvalue weighted by molar-refractivity contribution is 5.42. The summed E-state index contributed by atoms with van der Waals surface area (Å²) in [5.41, 5.74) is 1.88. The topological polar surface area (TPSA) is 45.1 Å². The maximum atomic E-state index is 9.89. The molecule has 2 aromatic rings. The lowest BCUT2D eigenvalue weighted by Gasteiger charge is -2.12. The van der Waals surface area contributed by atoms with Crippen LogP contribution in [0.15, 0.2) is 54.9 Å². The third-order valence-corrected chi connectivity index (χ3v) is 2.36. The van der Waals surface area contributed by atoms with E-state index in [0.29, 0.717) is 6.54 Å². The first-order valence-corrected chi connectivity index (χ1v) is 5.23. The molecule has 1 heterocycles. The third kappa shape index (κ3) is 2.81. The van der Waals surface area contributed by atoms with Crippen molar-refractivity contribution in [2.75, 3.05) is 11.9 Å². The molecule has 16 heavy (non-hydrogen) atoms. The van der Waals surface area contributed by atoms with Crippen LogP contribution in [0.25, 0.3) is 0 Å². The summed E-state index contributed by atoms with van der Waals surface area (Å²) in [5, 5.41) is 13.1. The van der Waals surface area contributed by atoms with E-state index in [9.17, 15) is 5.11 Å². The average Bonchev–Trinajstić information content (AvgIpc) is 2.38. The number of nitrogens with one attached hydrogen (secondary N) is 1. The van der Waals surface area contributed by atoms with Crippen LogP contribution in [0.1, 0.15) is 11.7 Å². The van der Waals surface area contributed by atoms with Gasteiger partial charge < -0.3 is 10.4 Å². The van der Waals surface area contributed by atoms with Gasteiger partial charge in [0.05, 0.1) is 6.10 Å². The van der Waals surface area contributed by atoms with Gasteiger partial charge in [0.1, 0.15) is 0 Å². The highest BCUT2D eigenvalue weighted by atomic mass is 16.3. The van der Waals surface area contributed by atoms with Crippen LogP contribution in [0.4, 0.5) is 5.69 Å². The van der Waals surface area contributed by atoms with Gasteiger partial charge in [0.25, 0.3) is 0 Å². The fourth-order valence-corrected chi connectivity index (χ4v) is 1.47. The molecule has 0 radical (unpaired) electrons. The molecule has 0 saturated carbocycles. The largest absolute Gasteiger partial charge is 0.387 e. The number of pyridine rings is 1. The van der Waals surface area contributed by atoms with E-state index in [1.165, 1.54) is 0 Å². The molecule has 0 aliphatic carbocycles. The van der Waals surface area contributed by atoms with Crippen molar-refractivity contribution in [3.05, 3.63) is 60.4 Å². The van der Waals surface area contributed by atoms with Gasteiger partial charge in [0.2, 0.25) is 0 Å². The third-order valence-electron chi connectivity index (χ3n) is 2.36. The number of para-hydroxylation sites is 1. The van der Waals surface area contributed by atoms with Crippen LogP contribution in [0.3, 0.4) is 0 Å². The Morgan fingerprint density at radius 1 is 1.06 bits per heavy atom. The molecule has 0 aliphatic rings. The Labute approximate surface area is 94.8 Å². The Morgan fingerprint density at radius 3 is 2.44 bits per heavy atom. The van der Waals surface area contributed by atoms with Gasteiger partial charge in [-0.1, -0.05) is 18.2 Å². The standard InChI is InChI=1S/C13H14N2O/c16-13(11-6-8-14-9-7-11)10-15-12-4-2-1-3-5-12/h1-9,13,15-16H,10H2. The predicted octanol–water partition coefficient (Wildman–Crippen LogP) is 2.23. The number of aliphatic hydroxyl groups excluding tert-OH is 1. The molecule has 0 saturated heterocycles. The average molecular weight is 214 g/mol. The molecule has 0 fully saturated rings. The van der Waals surface area contributed by atoms with E-state index in [1.807, 2.05) is 42.5 Å². The first-order valence-electron chi connectivity index (χ1n) is 5.23. The Balaban J connectivity index is 1.92. The molecule has 0 bridgehead atoms. The zero-order valence-corrected chi connectivity index (χ0v) is 8.88. The summed E-state index contributed by atoms with van der Waals surface area (Å²) in [6, 6.07) is 13.5. The van der Waals surface area contributed by atoms with Crippen LogP contribution in [-0.4, -0.2) is 16.6 Å². The van der Waals surface area contributed by atoms with E-state index in [0.717, 1.165) is 11.3 Å². The monoisotopic (exact) mass is 214 g/mol. The number of benzene rings is 1. The summed E-state index contributed by atoms with van der Waals surface area (Å²) in [4.78, 5) is 3.91. The van der Waals surface area contributed by atoms with E-state index in [1.54, 1.807) is 12.4 Å². The van der Waals surface area contributed by atoms with E-state index in [2.05, 4.69) is 10.3 Å². The van der Waals surface area contributed by atoms with Crippen LogP contribution >= 0.6 is 0 Å². The molecule has 1 atom stereocenters. The molecule has 1 aromatic carbocycles. The number of anilines is 1. The molecule has 2 N–H and O–H groups in total. The second-order valence-corrected chi connectivity index (χ2v) is 3.54. The van der Waals surface area contributed by atoms with E-state index in [-0.39, 0.29) is 0 Å². The number of hydrogen-bond donors (Lipinski definition) is 2. The number of hydrogen-bond acceptors (Lipinski definition) is 3. The second kappa shape index (κ2) is 5.28. The van der Waals surface area contributed by atoms with Crippen molar-refractivity contribution >= 4 is 5.69 Å². The van der Waals surface area contributed by atoms with Crippen molar-refractivity contribution in [1.82, 2.24) is 4.98 Å². The van der Waals surface area contributed by atoms with Crippen LogP contribution in [-0.2, 0) is 0 Å². The zero-order valence-electron chi connectivity index (χ0n) is 8.88. The summed E-state index contributed by atoms with van der Waals surface area (Å²) in [6.45, 7) is 0.494. The number of aromatic nitrogens is 1. The molecule has 1 aromatic heterocycles. The molecular weight excluding hydrogens is 200 g/mol. The van der Waals surface area contributed by atoms with Gasteiger partial charge in [-0.15, -0.1) is 0 Å². The molecule has 82 valence electrons. The lowest BCUT2D eigenvalue weighted by atomic mass is 10.1. The highest BCUT2D eigenvalue weighted by Crippen LogP contribution is 2.13. The van der Waals surface area contributed by atoms with E-state index in [4.69, 9.17) is 0 Å². The maximum Gasteiger partial charge on any atom is 0.0963 e. The molecule has 3 nitrogen and oxygen atoms in total. The first kappa shape index (κ1) is 10.6. The first-order chi connectivity index (χ1) is 7.86. The van der Waals surface area contributed by atoms with Crippen molar-refractivity contribution in [2.24, 2.45) is 0 Å². The smallest absolute Gasteiger partial charge is 0.0963 e. The van der Waals surface area contributed by atoms with E-state index < -0.39 is 6.10 Å². The normalized spacial score (nSPS) is 12.1. The maximum absolute atomic E-state index is 9.89. The number of nitrogens with zero attached hydrogens (tertiary/aromatic N) is 1. The Kier molecular flexibility index (Phi) is 3.51. The minimum absolute atomic E-state index is 0.494. The fourth-order valence-electron chi connectivity index (χ4n) is 1.47. The number of rotatable bonds is 4. The van der Waals surface area contributed by atoms with Gasteiger partial charge in [-0.25, -0.2) is 0 Å². The van der Waals surface area contributed by atoms with Gasteiger partial charge in [0.15, 0.2) is 0 Å². The molecule has 0 spiro atoms. The minimum atomic E-state index is -0.511. The lowest BCUT2D eigenvalue weighted by Crippen LogP contribution is -2.11. The van der Waals surface area contributed by atoms with Gasteiger partial charge >= 0.3 is 0 Å². The quantitative estimate of drug-likeness (QED) is 0.820. The molecule has 2 rings (SSSR count). The van der Waals surface area contributed by atoms with Crippen LogP contribution in [0, 0.1) is 0 Å².